The van der Waals surface area contributed by atoms with Gasteiger partial charge in [0, 0.05) is 24.0 Å². The highest BCUT2D eigenvalue weighted by molar-refractivity contribution is 5.94. The van der Waals surface area contributed by atoms with Gasteiger partial charge in [-0.3, -0.25) is 9.69 Å². The molecule has 1 aliphatic rings. The van der Waals surface area contributed by atoms with Crippen molar-refractivity contribution in [1.29, 1.82) is 0 Å². The number of benzene rings is 1. The molecule has 0 aliphatic carbocycles. The van der Waals surface area contributed by atoms with E-state index in [1.807, 2.05) is 25.1 Å². The Balaban J connectivity index is 1.95. The van der Waals surface area contributed by atoms with Crippen LogP contribution in [0.25, 0.3) is 0 Å². The van der Waals surface area contributed by atoms with Crippen molar-refractivity contribution in [3.05, 3.63) is 24.3 Å². The second-order valence-electron chi connectivity index (χ2n) is 6.05. The standard InChI is InChI=1S/C16H26N4O/c1-12(20-9-5-8-15(11-20)19(2)3)16(21)18-14-7-4-6-13(17)10-14/h4,6-7,10,12,15H,5,8-9,11,17H2,1-3H3,(H,18,21). The fourth-order valence-electron chi connectivity index (χ4n) is 2.79. The van der Waals surface area contributed by atoms with Gasteiger partial charge in [-0.25, -0.2) is 0 Å². The fourth-order valence-corrected chi connectivity index (χ4v) is 2.79. The molecule has 2 unspecified atom stereocenters. The second kappa shape index (κ2) is 6.91. The lowest BCUT2D eigenvalue weighted by Crippen LogP contribution is -2.51. The average molecular weight is 290 g/mol. The van der Waals surface area contributed by atoms with Crippen LogP contribution in [0.4, 0.5) is 11.4 Å². The lowest BCUT2D eigenvalue weighted by Gasteiger charge is -2.38. The molecule has 1 saturated heterocycles. The summed E-state index contributed by atoms with van der Waals surface area (Å²) in [6.45, 7) is 3.90. The van der Waals surface area contributed by atoms with Crippen LogP contribution >= 0.6 is 0 Å². The monoisotopic (exact) mass is 290 g/mol. The van der Waals surface area contributed by atoms with Crippen molar-refractivity contribution in [2.24, 2.45) is 0 Å². The number of carbonyl (C=O) groups is 1. The molecule has 5 nitrogen and oxygen atoms in total. The van der Waals surface area contributed by atoms with E-state index in [2.05, 4.69) is 29.2 Å². The maximum Gasteiger partial charge on any atom is 0.241 e. The van der Waals surface area contributed by atoms with Crippen molar-refractivity contribution in [1.82, 2.24) is 9.80 Å². The minimum absolute atomic E-state index is 0.0278. The Kier molecular flexibility index (Phi) is 5.20. The number of likely N-dealkylation sites (N-methyl/N-ethyl adjacent to an activating group) is 1. The van der Waals surface area contributed by atoms with Crippen LogP contribution in [0, 0.1) is 0 Å². The van der Waals surface area contributed by atoms with Gasteiger partial charge in [0.15, 0.2) is 0 Å². The first-order chi connectivity index (χ1) is 9.97. The molecule has 1 aliphatic heterocycles. The van der Waals surface area contributed by atoms with Gasteiger partial charge in [-0.1, -0.05) is 6.07 Å². The maximum absolute atomic E-state index is 12.4. The van der Waals surface area contributed by atoms with E-state index in [9.17, 15) is 4.79 Å². The fraction of sp³-hybridized carbons (Fsp3) is 0.562. The summed E-state index contributed by atoms with van der Waals surface area (Å²) in [5.41, 5.74) is 7.15. The molecular weight excluding hydrogens is 264 g/mol. The molecule has 2 atom stereocenters. The lowest BCUT2D eigenvalue weighted by atomic mass is 10.0. The van der Waals surface area contributed by atoms with E-state index in [0.29, 0.717) is 11.7 Å². The van der Waals surface area contributed by atoms with Gasteiger partial charge >= 0.3 is 0 Å². The van der Waals surface area contributed by atoms with Gasteiger partial charge in [-0.05, 0) is 58.6 Å². The third kappa shape index (κ3) is 4.19. The predicted molar refractivity (Wildman–Crippen MR) is 87.2 cm³/mol. The van der Waals surface area contributed by atoms with Gasteiger partial charge in [0.05, 0.1) is 6.04 Å². The molecule has 21 heavy (non-hydrogen) atoms. The van der Waals surface area contributed by atoms with Crippen LogP contribution in [0.15, 0.2) is 24.3 Å². The van der Waals surface area contributed by atoms with Crippen molar-refractivity contribution >= 4 is 17.3 Å². The van der Waals surface area contributed by atoms with E-state index in [1.54, 1.807) is 6.07 Å². The molecule has 1 aromatic rings. The first-order valence-corrected chi connectivity index (χ1v) is 7.54. The molecule has 1 heterocycles. The minimum Gasteiger partial charge on any atom is -0.399 e. The highest BCUT2D eigenvalue weighted by Gasteiger charge is 2.28. The van der Waals surface area contributed by atoms with E-state index in [0.717, 1.165) is 25.2 Å². The Bertz CT molecular complexity index is 489. The van der Waals surface area contributed by atoms with Gasteiger partial charge in [0.1, 0.15) is 0 Å². The summed E-state index contributed by atoms with van der Waals surface area (Å²) in [7, 11) is 4.21. The van der Waals surface area contributed by atoms with E-state index in [-0.39, 0.29) is 11.9 Å². The number of hydrogen-bond acceptors (Lipinski definition) is 4. The highest BCUT2D eigenvalue weighted by Crippen LogP contribution is 2.18. The summed E-state index contributed by atoms with van der Waals surface area (Å²) >= 11 is 0. The van der Waals surface area contributed by atoms with Crippen molar-refractivity contribution < 1.29 is 4.79 Å². The zero-order chi connectivity index (χ0) is 15.4. The Labute approximate surface area is 127 Å². The zero-order valence-electron chi connectivity index (χ0n) is 13.2. The number of likely N-dealkylation sites (tertiary alicyclic amines) is 1. The quantitative estimate of drug-likeness (QED) is 0.827. The summed E-state index contributed by atoms with van der Waals surface area (Å²) in [5.74, 6) is 0.0278. The number of carbonyl (C=O) groups excluding carboxylic acids is 1. The summed E-state index contributed by atoms with van der Waals surface area (Å²) in [6.07, 6.45) is 2.34. The Morgan fingerprint density at radius 2 is 2.24 bits per heavy atom. The van der Waals surface area contributed by atoms with Crippen molar-refractivity contribution in [2.75, 3.05) is 38.2 Å². The summed E-state index contributed by atoms with van der Waals surface area (Å²) < 4.78 is 0. The topological polar surface area (TPSA) is 61.6 Å². The summed E-state index contributed by atoms with van der Waals surface area (Å²) in [5, 5.41) is 2.95. The average Bonchev–Trinajstić information content (AvgIpc) is 2.46. The summed E-state index contributed by atoms with van der Waals surface area (Å²) in [4.78, 5) is 16.9. The van der Waals surface area contributed by atoms with Crippen molar-refractivity contribution in [2.45, 2.75) is 31.8 Å². The SMILES string of the molecule is CC(C(=O)Nc1cccc(N)c1)N1CCCC(N(C)C)C1. The van der Waals surface area contributed by atoms with E-state index in [1.165, 1.54) is 6.42 Å². The van der Waals surface area contributed by atoms with E-state index >= 15 is 0 Å². The number of nitrogen functional groups attached to an aromatic ring is 1. The molecule has 3 N–H and O–H groups in total. The maximum atomic E-state index is 12.4. The molecule has 1 amide bonds. The number of amides is 1. The third-order valence-electron chi connectivity index (χ3n) is 4.24. The molecule has 0 bridgehead atoms. The van der Waals surface area contributed by atoms with Crippen LogP contribution < -0.4 is 11.1 Å². The number of anilines is 2. The number of nitrogens with two attached hydrogens (primary N) is 1. The molecule has 0 saturated carbocycles. The van der Waals surface area contributed by atoms with Crippen molar-refractivity contribution in [3.63, 3.8) is 0 Å². The first-order valence-electron chi connectivity index (χ1n) is 7.54. The molecule has 116 valence electrons. The smallest absolute Gasteiger partial charge is 0.241 e. The first kappa shape index (κ1) is 15.8. The van der Waals surface area contributed by atoms with Gasteiger partial charge in [0.25, 0.3) is 0 Å². The number of nitrogens with one attached hydrogen (secondary N) is 1. The van der Waals surface area contributed by atoms with Gasteiger partial charge in [0.2, 0.25) is 5.91 Å². The molecule has 1 fully saturated rings. The zero-order valence-corrected chi connectivity index (χ0v) is 13.2. The number of nitrogens with zero attached hydrogens (tertiary/aromatic N) is 2. The minimum atomic E-state index is -0.130. The Hall–Kier alpha value is -1.59. The molecule has 1 aromatic carbocycles. The lowest BCUT2D eigenvalue weighted by molar-refractivity contribution is -0.121. The van der Waals surface area contributed by atoms with Crippen molar-refractivity contribution in [3.8, 4) is 0 Å². The van der Waals surface area contributed by atoms with Gasteiger partial charge in [-0.15, -0.1) is 0 Å². The van der Waals surface area contributed by atoms with Gasteiger partial charge < -0.3 is 16.0 Å². The molecule has 5 heteroatoms. The van der Waals surface area contributed by atoms with E-state index < -0.39 is 0 Å². The van der Waals surface area contributed by atoms with Crippen LogP contribution in [0.5, 0.6) is 0 Å². The van der Waals surface area contributed by atoms with Crippen LogP contribution in [0.2, 0.25) is 0 Å². The number of rotatable bonds is 4. The Morgan fingerprint density at radius 3 is 2.90 bits per heavy atom. The van der Waals surface area contributed by atoms with Crippen LogP contribution in [0.3, 0.4) is 0 Å². The largest absolute Gasteiger partial charge is 0.399 e. The summed E-state index contributed by atoms with van der Waals surface area (Å²) in [6, 6.07) is 7.70. The van der Waals surface area contributed by atoms with Gasteiger partial charge in [-0.2, -0.15) is 0 Å². The molecule has 0 spiro atoms. The highest BCUT2D eigenvalue weighted by atomic mass is 16.2. The second-order valence-corrected chi connectivity index (χ2v) is 6.05. The number of piperidine rings is 1. The van der Waals surface area contributed by atoms with Crippen LogP contribution in [-0.2, 0) is 4.79 Å². The van der Waals surface area contributed by atoms with E-state index in [4.69, 9.17) is 5.73 Å². The number of hydrogen-bond donors (Lipinski definition) is 2. The Morgan fingerprint density at radius 1 is 1.48 bits per heavy atom. The van der Waals surface area contributed by atoms with Crippen LogP contribution in [0.1, 0.15) is 19.8 Å². The molecular formula is C16H26N4O. The molecule has 0 aromatic heterocycles. The molecule has 2 rings (SSSR count). The van der Waals surface area contributed by atoms with Crippen LogP contribution in [-0.4, -0.2) is 55.0 Å². The molecule has 0 radical (unpaired) electrons. The third-order valence-corrected chi connectivity index (χ3v) is 4.24. The normalized spacial score (nSPS) is 21.2. The predicted octanol–water partition coefficient (Wildman–Crippen LogP) is 1.62.